The maximum Gasteiger partial charge on any atom is 0.313 e. The van der Waals surface area contributed by atoms with Gasteiger partial charge in [0.2, 0.25) is 0 Å². The van der Waals surface area contributed by atoms with E-state index in [9.17, 15) is 0 Å². The van der Waals surface area contributed by atoms with Crippen molar-refractivity contribution >= 4 is 22.3 Å². The third-order valence-electron chi connectivity index (χ3n) is 15.4. The number of hydrogen-bond acceptors (Lipinski definition) is 4. The monoisotopic (exact) mass is 1090 g/mol. The minimum absolute atomic E-state index is 0.0867. The molecule has 0 radical (unpaired) electrons. The largest absolute Gasteiger partial charge is 0.437 e. The fraction of sp³-hybridized carbons (Fsp3) is 0.528. The molecule has 0 aromatic heterocycles. The van der Waals surface area contributed by atoms with Gasteiger partial charge in [-0.1, -0.05) is 239 Å². The molecule has 1 aliphatic rings. The van der Waals surface area contributed by atoms with Gasteiger partial charge in [0.25, 0.3) is 0 Å². The molecule has 4 nitrogen and oxygen atoms in total. The first-order valence-electron chi connectivity index (χ1n) is 28.7. The van der Waals surface area contributed by atoms with E-state index in [1.807, 2.05) is 0 Å². The summed E-state index contributed by atoms with van der Waals surface area (Å²) in [6, 6.07) is 29.5. The van der Waals surface area contributed by atoms with Crippen LogP contribution in [0.1, 0.15) is 245 Å². The van der Waals surface area contributed by atoms with Gasteiger partial charge in [0.1, 0.15) is 23.0 Å². The van der Waals surface area contributed by atoms with Gasteiger partial charge in [-0.25, -0.2) is 0 Å². The summed E-state index contributed by atoms with van der Waals surface area (Å²) in [5, 5.41) is 0. The highest BCUT2D eigenvalue weighted by molar-refractivity contribution is 7.69. The molecule has 78 heavy (non-hydrogen) atoms. The van der Waals surface area contributed by atoms with Gasteiger partial charge < -0.3 is 18.1 Å². The summed E-state index contributed by atoms with van der Waals surface area (Å²) >= 11 is 0. The van der Waals surface area contributed by atoms with Gasteiger partial charge in [-0.3, -0.25) is 0 Å². The Labute approximate surface area is 478 Å². The SMILES string of the molecule is Cc1cc(OP(Oc2cc(C)c(C(C)(C)C)cc2C(C)(C)C)C2(P(Oc3cc(C)c(C(C)(C)C)cc3C(C)(C)C)Oc3cc(C)c(C(C)(C)C)cc3C(C)(C)C)C=CC(c3ccccc3)=CC2)c(C(C)(C)C)cc1C(C)(C)C. The van der Waals surface area contributed by atoms with Crippen molar-refractivity contribution in [2.45, 2.75) is 249 Å². The molecule has 5 aromatic rings. The Morgan fingerprint density at radius 1 is 0.333 bits per heavy atom. The fourth-order valence-corrected chi connectivity index (χ4v) is 15.0. The standard InChI is InChI=1S/C72H102O4P2/c1-46-38-60(56(68(17,18)19)42-52(46)64(5,6)7)73-77(74-61-39-47(2)53(65(8,9)10)43-57(61)69(20,21)22)72(36-34-51(35-37-72)50-32-30-29-31-33-50)78(75-62-40-48(3)54(66(11,12)13)44-58(62)70(23,24)25)76-63-41-49(4)55(67(14,15)16)45-59(63)71(26,27)28/h29-36,38-45H,37H2,1-28H3. The van der Waals surface area contributed by atoms with Crippen molar-refractivity contribution in [2.75, 3.05) is 0 Å². The number of rotatable bonds is 11. The van der Waals surface area contributed by atoms with Crippen molar-refractivity contribution in [3.63, 3.8) is 0 Å². The van der Waals surface area contributed by atoms with E-state index in [1.54, 1.807) is 0 Å². The van der Waals surface area contributed by atoms with E-state index in [-0.39, 0.29) is 43.3 Å². The Morgan fingerprint density at radius 3 is 0.782 bits per heavy atom. The van der Waals surface area contributed by atoms with Crippen LogP contribution in [-0.4, -0.2) is 4.90 Å². The van der Waals surface area contributed by atoms with Crippen LogP contribution >= 0.6 is 16.8 Å². The zero-order chi connectivity index (χ0) is 58.9. The summed E-state index contributed by atoms with van der Waals surface area (Å²) < 4.78 is 32.2. The van der Waals surface area contributed by atoms with E-state index in [0.29, 0.717) is 6.42 Å². The molecule has 0 saturated carbocycles. The van der Waals surface area contributed by atoms with E-state index >= 15 is 0 Å². The topological polar surface area (TPSA) is 36.9 Å². The lowest BCUT2D eigenvalue weighted by molar-refractivity contribution is 0.420. The average Bonchev–Trinajstić information content (AvgIpc) is 3.25. The minimum Gasteiger partial charge on any atom is -0.437 e. The van der Waals surface area contributed by atoms with Crippen molar-refractivity contribution in [1.29, 1.82) is 0 Å². The highest BCUT2D eigenvalue weighted by Gasteiger charge is 2.56. The summed E-state index contributed by atoms with van der Waals surface area (Å²) in [6.07, 6.45) is 7.56. The molecular weight excluding hydrogens is 991 g/mol. The molecule has 6 rings (SSSR count). The molecule has 0 heterocycles. The lowest BCUT2D eigenvalue weighted by atomic mass is 9.78. The first-order valence-corrected chi connectivity index (χ1v) is 31.1. The quantitative estimate of drug-likeness (QED) is 0.124. The Hall–Kier alpha value is -4.36. The van der Waals surface area contributed by atoms with Crippen LogP contribution in [0, 0.1) is 27.7 Å². The van der Waals surface area contributed by atoms with Crippen molar-refractivity contribution in [3.05, 3.63) is 169 Å². The highest BCUT2D eigenvalue weighted by Crippen LogP contribution is 2.72. The third kappa shape index (κ3) is 14.0. The van der Waals surface area contributed by atoms with Crippen LogP contribution in [0.5, 0.6) is 23.0 Å². The smallest absolute Gasteiger partial charge is 0.313 e. The second kappa shape index (κ2) is 21.8. The summed E-state index contributed by atoms with van der Waals surface area (Å²) in [5.74, 6) is 3.28. The highest BCUT2D eigenvalue weighted by atomic mass is 31.2. The maximum absolute atomic E-state index is 8.06. The molecule has 424 valence electrons. The molecule has 6 heteroatoms. The van der Waals surface area contributed by atoms with Crippen LogP contribution in [0.25, 0.3) is 5.57 Å². The second-order valence-electron chi connectivity index (χ2n) is 31.0. The molecule has 0 fully saturated rings. The molecular formula is C72H102O4P2. The van der Waals surface area contributed by atoms with Crippen molar-refractivity contribution < 1.29 is 18.1 Å². The second-order valence-corrected chi connectivity index (χ2v) is 34.7. The van der Waals surface area contributed by atoms with Gasteiger partial charge >= 0.3 is 16.8 Å². The first kappa shape index (κ1) is 62.8. The molecule has 0 spiro atoms. The Balaban J connectivity index is 1.83. The molecule has 5 aromatic carbocycles. The van der Waals surface area contributed by atoms with Gasteiger partial charge in [-0.15, -0.1) is 0 Å². The van der Waals surface area contributed by atoms with Gasteiger partial charge in [-0.05, 0) is 157 Å². The third-order valence-corrected chi connectivity index (χ3v) is 19.7. The van der Waals surface area contributed by atoms with E-state index < -0.39 is 21.6 Å². The van der Waals surface area contributed by atoms with Crippen LogP contribution in [0.3, 0.4) is 0 Å². The molecule has 0 aliphatic heterocycles. The van der Waals surface area contributed by atoms with E-state index in [1.165, 1.54) is 44.5 Å². The molecule has 0 amide bonds. The summed E-state index contributed by atoms with van der Waals surface area (Å²) in [5.41, 5.74) is 15.3. The van der Waals surface area contributed by atoms with Crippen LogP contribution in [-0.2, 0) is 43.3 Å². The van der Waals surface area contributed by atoms with E-state index in [2.05, 4.69) is 291 Å². The molecule has 0 bridgehead atoms. The predicted octanol–water partition coefficient (Wildman–Crippen LogP) is 22.3. The summed E-state index contributed by atoms with van der Waals surface area (Å²) in [6.45, 7) is 64.2. The Kier molecular flexibility index (Phi) is 17.6. The predicted molar refractivity (Wildman–Crippen MR) is 342 cm³/mol. The number of benzene rings is 5. The van der Waals surface area contributed by atoms with Gasteiger partial charge in [-0.2, -0.15) is 0 Å². The zero-order valence-corrected chi connectivity index (χ0v) is 55.8. The first-order chi connectivity index (χ1) is 35.3. The molecule has 0 unspecified atom stereocenters. The van der Waals surface area contributed by atoms with Gasteiger partial charge in [0.05, 0.1) is 0 Å². The van der Waals surface area contributed by atoms with Crippen molar-refractivity contribution in [3.8, 4) is 23.0 Å². The molecule has 0 saturated heterocycles. The molecule has 0 atom stereocenters. The van der Waals surface area contributed by atoms with Crippen LogP contribution in [0.15, 0.2) is 97.1 Å². The maximum atomic E-state index is 8.06. The van der Waals surface area contributed by atoms with Crippen molar-refractivity contribution in [1.82, 2.24) is 0 Å². The van der Waals surface area contributed by atoms with E-state index in [0.717, 1.165) is 56.4 Å². The molecule has 1 aliphatic carbocycles. The van der Waals surface area contributed by atoms with Gasteiger partial charge in [0, 0.05) is 22.3 Å². The van der Waals surface area contributed by atoms with Crippen molar-refractivity contribution in [2.24, 2.45) is 0 Å². The van der Waals surface area contributed by atoms with Crippen LogP contribution in [0.4, 0.5) is 0 Å². The normalized spacial score (nSPS) is 15.0. The van der Waals surface area contributed by atoms with Gasteiger partial charge in [0.15, 0.2) is 4.90 Å². The number of aryl methyl sites for hydroxylation is 4. The van der Waals surface area contributed by atoms with Crippen LogP contribution < -0.4 is 18.1 Å². The average molecular weight is 1090 g/mol. The van der Waals surface area contributed by atoms with E-state index in [4.69, 9.17) is 18.1 Å². The fourth-order valence-electron chi connectivity index (χ4n) is 11.1. The minimum atomic E-state index is -2.06. The Morgan fingerprint density at radius 2 is 0.577 bits per heavy atom. The lowest BCUT2D eigenvalue weighted by Crippen LogP contribution is -2.33. The Bertz CT molecular complexity index is 2700. The summed E-state index contributed by atoms with van der Waals surface area (Å²) in [7, 11) is -4.11. The number of hydrogen-bond donors (Lipinski definition) is 0. The zero-order valence-electron chi connectivity index (χ0n) is 54.0. The summed E-state index contributed by atoms with van der Waals surface area (Å²) in [4.78, 5) is -1.02. The number of allylic oxidation sites excluding steroid dienone is 4. The lowest BCUT2D eigenvalue weighted by Gasteiger charge is -2.43. The van der Waals surface area contributed by atoms with Crippen LogP contribution in [0.2, 0.25) is 0 Å². The molecule has 0 N–H and O–H groups in total.